The van der Waals surface area contributed by atoms with Crippen LogP contribution in [-0.4, -0.2) is 57.6 Å². The molecule has 2 rings (SSSR count). The van der Waals surface area contributed by atoms with Crippen LogP contribution < -0.4 is 4.31 Å². The highest BCUT2D eigenvalue weighted by atomic mass is 32.2. The average Bonchev–Trinajstić information content (AvgIpc) is 2.85. The number of anilines is 1. The quantitative estimate of drug-likeness (QED) is 0.807. The van der Waals surface area contributed by atoms with Crippen molar-refractivity contribution in [3.8, 4) is 0 Å². The summed E-state index contributed by atoms with van der Waals surface area (Å²) in [4.78, 5) is 10.8. The van der Waals surface area contributed by atoms with E-state index < -0.39 is 32.1 Å². The number of carbonyl (C=O) groups is 1. The predicted octanol–water partition coefficient (Wildman–Crippen LogP) is 0.320. The van der Waals surface area contributed by atoms with Gasteiger partial charge in [0.05, 0.1) is 16.3 Å². The first-order valence-corrected chi connectivity index (χ1v) is 9.93. The van der Waals surface area contributed by atoms with Crippen LogP contribution in [0, 0.1) is 0 Å². The maximum atomic E-state index is 12.4. The molecule has 1 aliphatic heterocycles. The van der Waals surface area contributed by atoms with Crippen molar-refractivity contribution < 1.29 is 26.7 Å². The second kappa shape index (κ2) is 6.10. The molecule has 1 N–H and O–H groups in total. The SMILES string of the molecule is CC(C(=O)O)N(C)S(=O)(=O)c1ccc(N2CCCS2(=O)=O)cc1. The number of rotatable bonds is 5. The Morgan fingerprint density at radius 2 is 1.87 bits per heavy atom. The molecule has 1 aromatic carbocycles. The van der Waals surface area contributed by atoms with Crippen LogP contribution in [0.15, 0.2) is 29.2 Å². The van der Waals surface area contributed by atoms with E-state index in [-0.39, 0.29) is 10.6 Å². The zero-order chi connectivity index (χ0) is 17.4. The monoisotopic (exact) mass is 362 g/mol. The lowest BCUT2D eigenvalue weighted by atomic mass is 10.3. The molecule has 0 aliphatic carbocycles. The van der Waals surface area contributed by atoms with Crippen LogP contribution in [-0.2, 0) is 24.8 Å². The number of hydrogen-bond acceptors (Lipinski definition) is 5. The topological polar surface area (TPSA) is 112 Å². The number of carboxylic acid groups (broad SMARTS) is 1. The van der Waals surface area contributed by atoms with Gasteiger partial charge in [-0.3, -0.25) is 9.10 Å². The molecule has 1 fully saturated rings. The van der Waals surface area contributed by atoms with E-state index in [1.807, 2.05) is 0 Å². The van der Waals surface area contributed by atoms with E-state index in [0.717, 1.165) is 4.31 Å². The van der Waals surface area contributed by atoms with Gasteiger partial charge in [-0.05, 0) is 37.6 Å². The Morgan fingerprint density at radius 1 is 1.30 bits per heavy atom. The Kier molecular flexibility index (Phi) is 4.69. The highest BCUT2D eigenvalue weighted by Gasteiger charge is 2.31. The lowest BCUT2D eigenvalue weighted by Gasteiger charge is -2.22. The molecule has 0 bridgehead atoms. The summed E-state index contributed by atoms with van der Waals surface area (Å²) in [5.74, 6) is -1.18. The zero-order valence-electron chi connectivity index (χ0n) is 12.7. The summed E-state index contributed by atoms with van der Waals surface area (Å²) >= 11 is 0. The third-order valence-electron chi connectivity index (χ3n) is 3.80. The molecule has 0 spiro atoms. The summed E-state index contributed by atoms with van der Waals surface area (Å²) in [7, 11) is -6.11. The Labute approximate surface area is 135 Å². The molecule has 1 atom stereocenters. The Bertz CT molecular complexity index is 801. The van der Waals surface area contributed by atoms with Crippen molar-refractivity contribution in [1.82, 2.24) is 4.31 Å². The number of nitrogens with zero attached hydrogens (tertiary/aromatic N) is 2. The molecule has 10 heteroatoms. The van der Waals surface area contributed by atoms with Gasteiger partial charge in [0.1, 0.15) is 6.04 Å². The third-order valence-corrected chi connectivity index (χ3v) is 7.62. The van der Waals surface area contributed by atoms with E-state index in [9.17, 15) is 21.6 Å². The Balaban J connectivity index is 2.31. The highest BCUT2D eigenvalue weighted by molar-refractivity contribution is 7.93. The van der Waals surface area contributed by atoms with Crippen molar-refractivity contribution in [3.63, 3.8) is 0 Å². The van der Waals surface area contributed by atoms with Gasteiger partial charge >= 0.3 is 5.97 Å². The number of likely N-dealkylation sites (N-methyl/N-ethyl adjacent to an activating group) is 1. The minimum Gasteiger partial charge on any atom is -0.480 e. The molecule has 0 aromatic heterocycles. The van der Waals surface area contributed by atoms with Crippen LogP contribution >= 0.6 is 0 Å². The summed E-state index contributed by atoms with van der Waals surface area (Å²) in [6.07, 6.45) is 0.529. The van der Waals surface area contributed by atoms with Gasteiger partial charge in [-0.1, -0.05) is 0 Å². The molecule has 8 nitrogen and oxygen atoms in total. The molecule has 1 unspecified atom stereocenters. The molecule has 0 amide bonds. The molecule has 23 heavy (non-hydrogen) atoms. The molecule has 0 radical (unpaired) electrons. The third kappa shape index (κ3) is 3.33. The standard InChI is InChI=1S/C13H18N2O6S2/c1-10(13(16)17)14(2)23(20,21)12-6-4-11(5-7-12)15-8-3-9-22(15,18)19/h4-7,10H,3,8-9H2,1-2H3,(H,16,17). The lowest BCUT2D eigenvalue weighted by molar-refractivity contribution is -0.140. The van der Waals surface area contributed by atoms with Gasteiger partial charge < -0.3 is 5.11 Å². The summed E-state index contributed by atoms with van der Waals surface area (Å²) < 4.78 is 50.4. The molecule has 1 saturated heterocycles. The van der Waals surface area contributed by atoms with Gasteiger partial charge in [-0.2, -0.15) is 4.31 Å². The van der Waals surface area contributed by atoms with Crippen LogP contribution in [0.3, 0.4) is 0 Å². The Morgan fingerprint density at radius 3 is 2.30 bits per heavy atom. The first-order valence-electron chi connectivity index (χ1n) is 6.88. The molecule has 1 aliphatic rings. The largest absolute Gasteiger partial charge is 0.480 e. The van der Waals surface area contributed by atoms with E-state index in [0.29, 0.717) is 18.7 Å². The van der Waals surface area contributed by atoms with Crippen molar-refractivity contribution in [2.24, 2.45) is 0 Å². The van der Waals surface area contributed by atoms with Crippen molar-refractivity contribution in [3.05, 3.63) is 24.3 Å². The average molecular weight is 362 g/mol. The number of hydrogen-bond donors (Lipinski definition) is 1. The first-order chi connectivity index (χ1) is 10.6. The first kappa shape index (κ1) is 17.7. The number of aliphatic carboxylic acids is 1. The number of sulfonamides is 2. The highest BCUT2D eigenvalue weighted by Crippen LogP contribution is 2.26. The van der Waals surface area contributed by atoms with E-state index in [1.165, 1.54) is 42.5 Å². The second-order valence-electron chi connectivity index (χ2n) is 5.27. The molecule has 128 valence electrons. The minimum absolute atomic E-state index is 0.0753. The summed E-state index contributed by atoms with van der Waals surface area (Å²) in [6.45, 7) is 1.63. The van der Waals surface area contributed by atoms with Gasteiger partial charge in [0.15, 0.2) is 0 Å². The molecule has 1 aromatic rings. The lowest BCUT2D eigenvalue weighted by Crippen LogP contribution is -2.40. The maximum Gasteiger partial charge on any atom is 0.321 e. The summed E-state index contributed by atoms with van der Waals surface area (Å²) in [5.41, 5.74) is 0.399. The fourth-order valence-electron chi connectivity index (χ4n) is 2.24. The van der Waals surface area contributed by atoms with Crippen LogP contribution in [0.5, 0.6) is 0 Å². The fraction of sp³-hybridized carbons (Fsp3) is 0.462. The van der Waals surface area contributed by atoms with E-state index >= 15 is 0 Å². The fourth-order valence-corrected chi connectivity index (χ4v) is 5.13. The van der Waals surface area contributed by atoms with Crippen molar-refractivity contribution in [2.45, 2.75) is 24.3 Å². The number of benzene rings is 1. The summed E-state index contributed by atoms with van der Waals surface area (Å²) in [6, 6.07) is 4.18. The van der Waals surface area contributed by atoms with Crippen molar-refractivity contribution in [2.75, 3.05) is 23.7 Å². The molecule has 1 heterocycles. The van der Waals surface area contributed by atoms with Crippen LogP contribution in [0.2, 0.25) is 0 Å². The van der Waals surface area contributed by atoms with Gasteiger partial charge in [-0.15, -0.1) is 0 Å². The van der Waals surface area contributed by atoms with Crippen LogP contribution in [0.25, 0.3) is 0 Å². The van der Waals surface area contributed by atoms with Gasteiger partial charge in [0, 0.05) is 13.6 Å². The van der Waals surface area contributed by atoms with Crippen molar-refractivity contribution >= 4 is 31.7 Å². The maximum absolute atomic E-state index is 12.4. The van der Waals surface area contributed by atoms with Gasteiger partial charge in [-0.25, -0.2) is 16.8 Å². The summed E-state index contributed by atoms with van der Waals surface area (Å²) in [5, 5.41) is 8.93. The second-order valence-corrected chi connectivity index (χ2v) is 9.28. The zero-order valence-corrected chi connectivity index (χ0v) is 14.3. The normalized spacial score (nSPS) is 19.0. The van der Waals surface area contributed by atoms with E-state index in [4.69, 9.17) is 5.11 Å². The van der Waals surface area contributed by atoms with Gasteiger partial charge in [0.25, 0.3) is 0 Å². The van der Waals surface area contributed by atoms with Crippen LogP contribution in [0.4, 0.5) is 5.69 Å². The van der Waals surface area contributed by atoms with E-state index in [1.54, 1.807) is 0 Å². The smallest absolute Gasteiger partial charge is 0.321 e. The molecular formula is C13H18N2O6S2. The molecule has 0 saturated carbocycles. The van der Waals surface area contributed by atoms with Gasteiger partial charge in [0.2, 0.25) is 20.0 Å². The predicted molar refractivity (Wildman–Crippen MR) is 84.2 cm³/mol. The molecular weight excluding hydrogens is 344 g/mol. The number of carboxylic acids is 1. The minimum atomic E-state index is -3.97. The van der Waals surface area contributed by atoms with Crippen LogP contribution in [0.1, 0.15) is 13.3 Å². The Hall–Kier alpha value is -1.65. The van der Waals surface area contributed by atoms with E-state index in [2.05, 4.69) is 0 Å². The van der Waals surface area contributed by atoms with Crippen molar-refractivity contribution in [1.29, 1.82) is 0 Å².